The first-order valence-electron chi connectivity index (χ1n) is 7.60. The van der Waals surface area contributed by atoms with E-state index >= 15 is 0 Å². The fourth-order valence-electron chi connectivity index (χ4n) is 3.02. The number of benzene rings is 1. The minimum Gasteiger partial charge on any atom is -0.491 e. The van der Waals surface area contributed by atoms with E-state index in [0.717, 1.165) is 32.4 Å². The predicted octanol–water partition coefficient (Wildman–Crippen LogP) is 1.60. The first-order chi connectivity index (χ1) is 10.2. The molecule has 5 nitrogen and oxygen atoms in total. The van der Waals surface area contributed by atoms with Crippen molar-refractivity contribution < 1.29 is 13.2 Å². The van der Waals surface area contributed by atoms with E-state index in [1.54, 1.807) is 4.31 Å². The van der Waals surface area contributed by atoms with Crippen LogP contribution in [0.15, 0.2) is 24.3 Å². The lowest BCUT2D eigenvalue weighted by Gasteiger charge is -2.28. The molecule has 0 radical (unpaired) electrons. The van der Waals surface area contributed by atoms with Crippen LogP contribution in [0.5, 0.6) is 5.75 Å². The maximum Gasteiger partial charge on any atom is 0.235 e. The van der Waals surface area contributed by atoms with Gasteiger partial charge in [0.15, 0.2) is 0 Å². The molecule has 0 unspecified atom stereocenters. The van der Waals surface area contributed by atoms with Gasteiger partial charge in [-0.25, -0.2) is 8.42 Å². The molecule has 0 saturated carbocycles. The number of sulfonamides is 1. The van der Waals surface area contributed by atoms with E-state index in [1.165, 1.54) is 0 Å². The number of fused-ring (bicyclic) bond motifs is 1. The molecule has 2 heterocycles. The Morgan fingerprint density at radius 1 is 1.24 bits per heavy atom. The molecule has 2 aliphatic heterocycles. The van der Waals surface area contributed by atoms with Crippen molar-refractivity contribution in [2.24, 2.45) is 5.92 Å². The Balaban J connectivity index is 1.84. The van der Waals surface area contributed by atoms with Gasteiger partial charge in [0.2, 0.25) is 10.0 Å². The predicted molar refractivity (Wildman–Crippen MR) is 83.3 cm³/mol. The first kappa shape index (κ1) is 14.7. The summed E-state index contributed by atoms with van der Waals surface area (Å²) in [6.07, 6.45) is 2.59. The van der Waals surface area contributed by atoms with Crippen LogP contribution in [0.25, 0.3) is 0 Å². The molecule has 0 atom stereocenters. The maximum atomic E-state index is 12.8. The number of hydrogen-bond acceptors (Lipinski definition) is 4. The molecule has 116 valence electrons. The Hall–Kier alpha value is -1.27. The third kappa shape index (κ3) is 3.32. The summed E-state index contributed by atoms with van der Waals surface area (Å²) >= 11 is 0. The molecule has 1 fully saturated rings. The van der Waals surface area contributed by atoms with Gasteiger partial charge in [0.05, 0.1) is 18.0 Å². The van der Waals surface area contributed by atoms with Gasteiger partial charge in [-0.05, 0) is 44.0 Å². The van der Waals surface area contributed by atoms with Crippen molar-refractivity contribution in [3.05, 3.63) is 24.3 Å². The summed E-state index contributed by atoms with van der Waals surface area (Å²) in [5, 5.41) is 3.28. The normalized spacial score (nSPS) is 20.5. The lowest BCUT2D eigenvalue weighted by molar-refractivity contribution is 0.322. The minimum absolute atomic E-state index is 0.239. The van der Waals surface area contributed by atoms with E-state index in [1.807, 2.05) is 24.3 Å². The maximum absolute atomic E-state index is 12.8. The largest absolute Gasteiger partial charge is 0.491 e. The van der Waals surface area contributed by atoms with E-state index in [0.29, 0.717) is 24.6 Å². The Morgan fingerprint density at radius 2 is 2.00 bits per heavy atom. The number of nitrogens with zero attached hydrogens (tertiary/aromatic N) is 1. The first-order valence-corrected chi connectivity index (χ1v) is 9.21. The fraction of sp³-hybridized carbons (Fsp3) is 0.600. The lowest BCUT2D eigenvalue weighted by atomic mass is 10.0. The highest BCUT2D eigenvalue weighted by Gasteiger charge is 2.30. The number of piperidine rings is 1. The highest BCUT2D eigenvalue weighted by Crippen LogP contribution is 2.33. The number of rotatable bonds is 3. The number of hydrogen-bond donors (Lipinski definition) is 1. The monoisotopic (exact) mass is 310 g/mol. The van der Waals surface area contributed by atoms with Crippen molar-refractivity contribution in [3.8, 4) is 5.75 Å². The van der Waals surface area contributed by atoms with Gasteiger partial charge in [-0.3, -0.25) is 4.31 Å². The average Bonchev–Trinajstić information content (AvgIpc) is 2.70. The molecule has 1 saturated heterocycles. The summed E-state index contributed by atoms with van der Waals surface area (Å²) < 4.78 is 32.8. The molecule has 0 aromatic heterocycles. The van der Waals surface area contributed by atoms with Crippen molar-refractivity contribution in [3.63, 3.8) is 0 Å². The van der Waals surface area contributed by atoms with Crippen molar-refractivity contribution in [2.45, 2.75) is 19.3 Å². The lowest BCUT2D eigenvalue weighted by Crippen LogP contribution is -2.38. The zero-order valence-corrected chi connectivity index (χ0v) is 12.9. The molecule has 1 aromatic carbocycles. The number of anilines is 1. The second-order valence-corrected chi connectivity index (χ2v) is 7.65. The van der Waals surface area contributed by atoms with E-state index in [-0.39, 0.29) is 11.7 Å². The second-order valence-electron chi connectivity index (χ2n) is 5.71. The SMILES string of the molecule is O=S(=O)(CC1CCNCC1)N1CCCOc2ccccc21. The van der Waals surface area contributed by atoms with Gasteiger partial charge in [-0.15, -0.1) is 0 Å². The summed E-state index contributed by atoms with van der Waals surface area (Å²) in [7, 11) is -3.29. The Kier molecular flexibility index (Phi) is 4.35. The molecule has 1 aromatic rings. The second kappa shape index (κ2) is 6.23. The zero-order chi connectivity index (χ0) is 14.7. The Labute approximate surface area is 126 Å². The fourth-order valence-corrected chi connectivity index (χ4v) is 4.99. The molecule has 0 aliphatic carbocycles. The third-order valence-corrected chi connectivity index (χ3v) is 6.08. The minimum atomic E-state index is -3.29. The Morgan fingerprint density at radius 3 is 2.81 bits per heavy atom. The summed E-state index contributed by atoms with van der Waals surface area (Å²) in [6, 6.07) is 7.41. The number of ether oxygens (including phenoxy) is 1. The van der Waals surface area contributed by atoms with Gasteiger partial charge in [0.25, 0.3) is 0 Å². The van der Waals surface area contributed by atoms with Crippen LogP contribution < -0.4 is 14.4 Å². The third-order valence-electron chi connectivity index (χ3n) is 4.14. The summed E-state index contributed by atoms with van der Waals surface area (Å²) in [5.41, 5.74) is 0.684. The molecular formula is C15H22N2O3S. The molecule has 6 heteroatoms. The van der Waals surface area contributed by atoms with Crippen LogP contribution in [0, 0.1) is 5.92 Å². The number of para-hydroxylation sites is 2. The van der Waals surface area contributed by atoms with Gasteiger partial charge in [0, 0.05) is 13.0 Å². The molecule has 1 N–H and O–H groups in total. The molecule has 0 bridgehead atoms. The van der Waals surface area contributed by atoms with Crippen molar-refractivity contribution in [2.75, 3.05) is 36.3 Å². The smallest absolute Gasteiger partial charge is 0.235 e. The summed E-state index contributed by atoms with van der Waals surface area (Å²) in [4.78, 5) is 0. The standard InChI is InChI=1S/C15H22N2O3S/c18-21(19,12-13-6-8-16-9-7-13)17-10-3-11-20-15-5-2-1-4-14(15)17/h1-2,4-5,13,16H,3,6-12H2. The van der Waals surface area contributed by atoms with Crippen LogP contribution >= 0.6 is 0 Å². The van der Waals surface area contributed by atoms with E-state index < -0.39 is 10.0 Å². The average molecular weight is 310 g/mol. The quantitative estimate of drug-likeness (QED) is 0.921. The zero-order valence-electron chi connectivity index (χ0n) is 12.1. The summed E-state index contributed by atoms with van der Waals surface area (Å²) in [5.74, 6) is 1.17. The highest BCUT2D eigenvalue weighted by molar-refractivity contribution is 7.92. The molecule has 2 aliphatic rings. The van der Waals surface area contributed by atoms with Gasteiger partial charge >= 0.3 is 0 Å². The number of nitrogens with one attached hydrogen (secondary N) is 1. The molecule has 21 heavy (non-hydrogen) atoms. The molecule has 3 rings (SSSR count). The van der Waals surface area contributed by atoms with Crippen LogP contribution in [0.1, 0.15) is 19.3 Å². The highest BCUT2D eigenvalue weighted by atomic mass is 32.2. The van der Waals surface area contributed by atoms with E-state index in [4.69, 9.17) is 4.74 Å². The van der Waals surface area contributed by atoms with Crippen LogP contribution in [-0.4, -0.2) is 40.4 Å². The van der Waals surface area contributed by atoms with Gasteiger partial charge in [-0.1, -0.05) is 12.1 Å². The molecule has 0 spiro atoms. The van der Waals surface area contributed by atoms with E-state index in [2.05, 4.69) is 5.32 Å². The van der Waals surface area contributed by atoms with Crippen LogP contribution in [0.3, 0.4) is 0 Å². The van der Waals surface area contributed by atoms with Gasteiger partial charge in [-0.2, -0.15) is 0 Å². The Bertz CT molecular complexity index is 582. The summed E-state index contributed by atoms with van der Waals surface area (Å²) in [6.45, 7) is 2.90. The van der Waals surface area contributed by atoms with Crippen molar-refractivity contribution in [1.82, 2.24) is 5.32 Å². The van der Waals surface area contributed by atoms with Crippen LogP contribution in [0.4, 0.5) is 5.69 Å². The van der Waals surface area contributed by atoms with Gasteiger partial charge < -0.3 is 10.1 Å². The molecule has 0 amide bonds. The van der Waals surface area contributed by atoms with Crippen LogP contribution in [-0.2, 0) is 10.0 Å². The van der Waals surface area contributed by atoms with Gasteiger partial charge in [0.1, 0.15) is 5.75 Å². The topological polar surface area (TPSA) is 58.6 Å². The van der Waals surface area contributed by atoms with Crippen molar-refractivity contribution >= 4 is 15.7 Å². The van der Waals surface area contributed by atoms with Crippen molar-refractivity contribution in [1.29, 1.82) is 0 Å². The van der Waals surface area contributed by atoms with E-state index in [9.17, 15) is 8.42 Å². The molecular weight excluding hydrogens is 288 g/mol. The van der Waals surface area contributed by atoms with Crippen LogP contribution in [0.2, 0.25) is 0 Å².